The highest BCUT2D eigenvalue weighted by atomic mass is 15.1. The van der Waals surface area contributed by atoms with Gasteiger partial charge in [-0.25, -0.2) is 0 Å². The van der Waals surface area contributed by atoms with Crippen molar-refractivity contribution in [3.05, 3.63) is 0 Å². The second kappa shape index (κ2) is 5.72. The third kappa shape index (κ3) is 3.58. The van der Waals surface area contributed by atoms with Gasteiger partial charge < -0.3 is 10.2 Å². The summed E-state index contributed by atoms with van der Waals surface area (Å²) < 4.78 is 0. The Morgan fingerprint density at radius 2 is 1.93 bits per heavy atom. The molecule has 2 heteroatoms. The van der Waals surface area contributed by atoms with Gasteiger partial charge in [0, 0.05) is 12.1 Å². The molecule has 2 nitrogen and oxygen atoms in total. The largest absolute Gasteiger partial charge is 0.311 e. The summed E-state index contributed by atoms with van der Waals surface area (Å²) in [7, 11) is 2.24. The third-order valence-corrected chi connectivity index (χ3v) is 3.34. The molecule has 0 aromatic rings. The Kier molecular flexibility index (Phi) is 4.90. The summed E-state index contributed by atoms with van der Waals surface area (Å²) in [6, 6.07) is 1.36. The number of hydrogen-bond acceptors (Lipinski definition) is 2. The predicted molar refractivity (Wildman–Crippen MR) is 62.6 cm³/mol. The van der Waals surface area contributed by atoms with Crippen molar-refractivity contribution in [3.63, 3.8) is 0 Å². The zero-order chi connectivity index (χ0) is 10.6. The van der Waals surface area contributed by atoms with Crippen LogP contribution in [0.5, 0.6) is 0 Å². The standard InChI is InChI=1S/C12H26N2/c1-5-11-6-8-14(4)9-7-12(11)13-10(2)3/h10-13H,5-9H2,1-4H3. The summed E-state index contributed by atoms with van der Waals surface area (Å²) in [5.74, 6) is 0.877. The molecule has 0 spiro atoms. The number of likely N-dealkylation sites (tertiary alicyclic amines) is 1. The van der Waals surface area contributed by atoms with E-state index in [9.17, 15) is 0 Å². The molecule has 1 aliphatic heterocycles. The number of nitrogens with one attached hydrogen (secondary N) is 1. The maximum absolute atomic E-state index is 3.72. The van der Waals surface area contributed by atoms with Crippen LogP contribution in [0.25, 0.3) is 0 Å². The molecule has 0 aromatic heterocycles. The molecule has 0 aromatic carbocycles. The van der Waals surface area contributed by atoms with Crippen molar-refractivity contribution in [2.45, 2.75) is 52.1 Å². The molecule has 0 amide bonds. The predicted octanol–water partition coefficient (Wildman–Crippen LogP) is 2.10. The van der Waals surface area contributed by atoms with Crippen molar-refractivity contribution >= 4 is 0 Å². The lowest BCUT2D eigenvalue weighted by Crippen LogP contribution is -2.40. The van der Waals surface area contributed by atoms with Crippen LogP contribution in [0, 0.1) is 5.92 Å². The molecule has 0 aliphatic carbocycles. The summed E-state index contributed by atoms with van der Waals surface area (Å²) in [6.07, 6.45) is 3.99. The summed E-state index contributed by atoms with van der Waals surface area (Å²) in [5.41, 5.74) is 0. The van der Waals surface area contributed by atoms with Crippen molar-refractivity contribution in [1.82, 2.24) is 10.2 Å². The molecule has 1 rings (SSSR count). The van der Waals surface area contributed by atoms with Crippen LogP contribution >= 0.6 is 0 Å². The zero-order valence-corrected chi connectivity index (χ0v) is 10.2. The topological polar surface area (TPSA) is 15.3 Å². The van der Waals surface area contributed by atoms with Crippen LogP contribution in [0.3, 0.4) is 0 Å². The van der Waals surface area contributed by atoms with Gasteiger partial charge in [0.05, 0.1) is 0 Å². The van der Waals surface area contributed by atoms with Crippen molar-refractivity contribution in [2.75, 3.05) is 20.1 Å². The summed E-state index contributed by atoms with van der Waals surface area (Å²) in [6.45, 7) is 9.35. The van der Waals surface area contributed by atoms with Crippen LogP contribution in [0.1, 0.15) is 40.0 Å². The van der Waals surface area contributed by atoms with Crippen molar-refractivity contribution in [2.24, 2.45) is 5.92 Å². The van der Waals surface area contributed by atoms with E-state index in [-0.39, 0.29) is 0 Å². The highest BCUT2D eigenvalue weighted by Gasteiger charge is 2.23. The molecule has 0 saturated carbocycles. The Labute approximate surface area is 89.1 Å². The van der Waals surface area contributed by atoms with Gasteiger partial charge in [-0.1, -0.05) is 27.2 Å². The summed E-state index contributed by atoms with van der Waals surface area (Å²) in [5, 5.41) is 3.72. The SMILES string of the molecule is CCC1CCN(C)CCC1NC(C)C. The molecule has 1 heterocycles. The zero-order valence-electron chi connectivity index (χ0n) is 10.2. The van der Waals surface area contributed by atoms with Crippen LogP contribution < -0.4 is 5.32 Å². The smallest absolute Gasteiger partial charge is 0.0110 e. The average Bonchev–Trinajstić information content (AvgIpc) is 2.28. The summed E-state index contributed by atoms with van der Waals surface area (Å²) >= 11 is 0. The molecule has 2 unspecified atom stereocenters. The van der Waals surface area contributed by atoms with Crippen LogP contribution in [0.4, 0.5) is 0 Å². The molecule has 1 N–H and O–H groups in total. The molecule has 0 radical (unpaired) electrons. The molecule has 1 aliphatic rings. The van der Waals surface area contributed by atoms with Crippen LogP contribution in [-0.2, 0) is 0 Å². The fourth-order valence-electron chi connectivity index (χ4n) is 2.43. The lowest BCUT2D eigenvalue weighted by Gasteiger charge is -2.26. The Balaban J connectivity index is 2.50. The maximum Gasteiger partial charge on any atom is 0.0110 e. The molecular weight excluding hydrogens is 172 g/mol. The van der Waals surface area contributed by atoms with Gasteiger partial charge in [-0.2, -0.15) is 0 Å². The molecule has 2 atom stereocenters. The van der Waals surface area contributed by atoms with E-state index in [1.165, 1.54) is 32.4 Å². The van der Waals surface area contributed by atoms with E-state index in [1.54, 1.807) is 0 Å². The molecular formula is C12H26N2. The minimum Gasteiger partial charge on any atom is -0.311 e. The monoisotopic (exact) mass is 198 g/mol. The first kappa shape index (κ1) is 12.0. The van der Waals surface area contributed by atoms with E-state index < -0.39 is 0 Å². The Morgan fingerprint density at radius 1 is 1.29 bits per heavy atom. The first-order valence-corrected chi connectivity index (χ1v) is 6.08. The molecule has 1 saturated heterocycles. The molecule has 84 valence electrons. The van der Waals surface area contributed by atoms with Gasteiger partial charge in [-0.3, -0.25) is 0 Å². The van der Waals surface area contributed by atoms with Gasteiger partial charge in [0.15, 0.2) is 0 Å². The van der Waals surface area contributed by atoms with E-state index in [0.717, 1.165) is 12.0 Å². The average molecular weight is 198 g/mol. The first-order valence-electron chi connectivity index (χ1n) is 6.08. The highest BCUT2D eigenvalue weighted by Crippen LogP contribution is 2.20. The quantitative estimate of drug-likeness (QED) is 0.747. The fraction of sp³-hybridized carbons (Fsp3) is 1.00. The molecule has 14 heavy (non-hydrogen) atoms. The normalized spacial score (nSPS) is 30.6. The number of rotatable bonds is 3. The van der Waals surface area contributed by atoms with Crippen molar-refractivity contribution in [3.8, 4) is 0 Å². The lowest BCUT2D eigenvalue weighted by molar-refractivity contribution is 0.314. The highest BCUT2D eigenvalue weighted by molar-refractivity contribution is 4.81. The number of nitrogens with zero attached hydrogens (tertiary/aromatic N) is 1. The van der Waals surface area contributed by atoms with Gasteiger partial charge in [0.2, 0.25) is 0 Å². The Bertz CT molecular complexity index is 156. The second-order valence-corrected chi connectivity index (χ2v) is 4.98. The maximum atomic E-state index is 3.72. The fourth-order valence-corrected chi connectivity index (χ4v) is 2.43. The minimum absolute atomic E-state index is 0.623. The van der Waals surface area contributed by atoms with Crippen LogP contribution in [0.2, 0.25) is 0 Å². The van der Waals surface area contributed by atoms with E-state index in [1.807, 2.05) is 0 Å². The second-order valence-electron chi connectivity index (χ2n) is 4.98. The van der Waals surface area contributed by atoms with Crippen LogP contribution in [-0.4, -0.2) is 37.1 Å². The number of hydrogen-bond donors (Lipinski definition) is 1. The van der Waals surface area contributed by atoms with E-state index in [2.05, 4.69) is 38.0 Å². The molecule has 1 fully saturated rings. The van der Waals surface area contributed by atoms with Crippen molar-refractivity contribution in [1.29, 1.82) is 0 Å². The summed E-state index contributed by atoms with van der Waals surface area (Å²) in [4.78, 5) is 2.46. The molecule has 0 bridgehead atoms. The Morgan fingerprint density at radius 3 is 2.50 bits per heavy atom. The third-order valence-electron chi connectivity index (χ3n) is 3.34. The van der Waals surface area contributed by atoms with Gasteiger partial charge >= 0.3 is 0 Å². The van der Waals surface area contributed by atoms with Gasteiger partial charge in [0.1, 0.15) is 0 Å². The minimum atomic E-state index is 0.623. The van der Waals surface area contributed by atoms with Crippen LogP contribution in [0.15, 0.2) is 0 Å². The lowest BCUT2D eigenvalue weighted by atomic mass is 9.92. The Hall–Kier alpha value is -0.0800. The van der Waals surface area contributed by atoms with Gasteiger partial charge in [-0.05, 0) is 38.9 Å². The first-order chi connectivity index (χ1) is 6.63. The van der Waals surface area contributed by atoms with Gasteiger partial charge in [-0.15, -0.1) is 0 Å². The van der Waals surface area contributed by atoms with Crippen molar-refractivity contribution < 1.29 is 0 Å². The van der Waals surface area contributed by atoms with E-state index >= 15 is 0 Å². The van der Waals surface area contributed by atoms with E-state index in [0.29, 0.717) is 6.04 Å². The van der Waals surface area contributed by atoms with Gasteiger partial charge in [0.25, 0.3) is 0 Å². The van der Waals surface area contributed by atoms with E-state index in [4.69, 9.17) is 0 Å².